The molecule has 1 aromatic heterocycles. The van der Waals surface area contributed by atoms with E-state index >= 15 is 0 Å². The van der Waals surface area contributed by atoms with Gasteiger partial charge in [-0.05, 0) is 6.07 Å². The molecule has 1 aliphatic heterocycles. The van der Waals surface area contributed by atoms with Crippen LogP contribution in [0.3, 0.4) is 0 Å². The van der Waals surface area contributed by atoms with Gasteiger partial charge in [0.2, 0.25) is 0 Å². The maximum Gasteiger partial charge on any atom is 0.490 e. The molecule has 154 valence electrons. The average Bonchev–Trinajstić information content (AvgIpc) is 2.83. The number of ether oxygens (including phenoxy) is 1. The van der Waals surface area contributed by atoms with E-state index in [-0.39, 0.29) is 6.42 Å². The highest BCUT2D eigenvalue weighted by molar-refractivity contribution is 7.66. The second-order valence-corrected chi connectivity index (χ2v) is 9.55. The number of aliphatic hydroxyl groups excluding tert-OH is 1. The number of rotatable bonds is 8. The first-order valence-corrected chi connectivity index (χ1v) is 11.5. The zero-order chi connectivity index (χ0) is 20.5. The van der Waals surface area contributed by atoms with Crippen molar-refractivity contribution in [1.82, 2.24) is 9.55 Å². The minimum Gasteiger partial charge on any atom is -0.390 e. The fourth-order valence-electron chi connectivity index (χ4n) is 2.09. The molecule has 0 spiro atoms. The van der Waals surface area contributed by atoms with Gasteiger partial charge in [0.15, 0.2) is 0 Å². The van der Waals surface area contributed by atoms with Crippen molar-refractivity contribution in [3.8, 4) is 0 Å². The lowest BCUT2D eigenvalue weighted by molar-refractivity contribution is -0.0449. The Kier molecular flexibility index (Phi) is 6.91. The van der Waals surface area contributed by atoms with Crippen LogP contribution in [-0.4, -0.2) is 53.0 Å². The highest BCUT2D eigenvalue weighted by Gasteiger charge is 2.42. The number of phosphoric acid groups is 3. The van der Waals surface area contributed by atoms with E-state index in [4.69, 9.17) is 19.4 Å². The zero-order valence-corrected chi connectivity index (χ0v) is 15.8. The summed E-state index contributed by atoms with van der Waals surface area (Å²) in [4.78, 5) is 50.4. The molecule has 0 aliphatic carbocycles. The standard InChI is InChI=1S/C9H15N2O13P3/c12-6-4-8(11-3-1-2-10-9(11)13)22-7(6)5-21-26(17,18)24-27(19,20)23-25(14,15)16/h1-3,6-8,12H,4-5H2,(H,17,18)(H,19,20)(H2,14,15,16). The molecule has 5 unspecified atom stereocenters. The molecule has 27 heavy (non-hydrogen) atoms. The molecule has 2 heterocycles. The first-order chi connectivity index (χ1) is 12.3. The summed E-state index contributed by atoms with van der Waals surface area (Å²) in [6.45, 7) is -0.823. The van der Waals surface area contributed by atoms with Gasteiger partial charge in [0, 0.05) is 18.8 Å². The van der Waals surface area contributed by atoms with E-state index in [1.165, 1.54) is 18.5 Å². The van der Waals surface area contributed by atoms with Gasteiger partial charge >= 0.3 is 29.2 Å². The Morgan fingerprint density at radius 2 is 1.85 bits per heavy atom. The van der Waals surface area contributed by atoms with Gasteiger partial charge in [0.25, 0.3) is 0 Å². The summed E-state index contributed by atoms with van der Waals surface area (Å²) in [6, 6.07) is 1.44. The summed E-state index contributed by atoms with van der Waals surface area (Å²) >= 11 is 0. The summed E-state index contributed by atoms with van der Waals surface area (Å²) in [5, 5.41) is 9.91. The molecule has 1 saturated heterocycles. The third-order valence-corrected chi connectivity index (χ3v) is 6.87. The van der Waals surface area contributed by atoms with E-state index in [0.717, 1.165) is 4.57 Å². The number of hydrogen-bond acceptors (Lipinski definition) is 10. The molecule has 15 nitrogen and oxygen atoms in total. The Labute approximate surface area is 150 Å². The molecule has 1 aromatic rings. The van der Waals surface area contributed by atoms with Crippen LogP contribution < -0.4 is 5.69 Å². The van der Waals surface area contributed by atoms with Gasteiger partial charge in [0.05, 0.1) is 12.7 Å². The molecule has 0 aromatic carbocycles. The molecule has 5 atom stereocenters. The third-order valence-electron chi connectivity index (χ3n) is 3.07. The lowest BCUT2D eigenvalue weighted by Gasteiger charge is -2.19. The molecule has 2 rings (SSSR count). The SMILES string of the molecule is O=c1ncccn1C1CC(O)C(COP(=O)(O)OP(=O)(O)OP(=O)(O)O)O1. The molecule has 0 amide bonds. The van der Waals surface area contributed by atoms with Crippen molar-refractivity contribution in [1.29, 1.82) is 0 Å². The Morgan fingerprint density at radius 1 is 1.19 bits per heavy atom. The molecule has 0 bridgehead atoms. The van der Waals surface area contributed by atoms with E-state index in [0.29, 0.717) is 0 Å². The summed E-state index contributed by atoms with van der Waals surface area (Å²) in [5.41, 5.74) is -0.664. The van der Waals surface area contributed by atoms with Gasteiger partial charge in [-0.15, -0.1) is 0 Å². The Hall–Kier alpha value is -0.790. The Balaban J connectivity index is 1.96. The number of aliphatic hydroxyl groups is 1. The molecule has 0 saturated carbocycles. The first-order valence-electron chi connectivity index (χ1n) is 6.93. The van der Waals surface area contributed by atoms with Crippen molar-refractivity contribution in [2.45, 2.75) is 24.9 Å². The largest absolute Gasteiger partial charge is 0.490 e. The molecule has 1 fully saturated rings. The van der Waals surface area contributed by atoms with Crippen LogP contribution in [0.15, 0.2) is 23.3 Å². The van der Waals surface area contributed by atoms with Gasteiger partial charge in [-0.3, -0.25) is 9.09 Å². The fourth-order valence-corrected chi connectivity index (χ4v) is 5.12. The maximum absolute atomic E-state index is 11.6. The number of phosphoric ester groups is 1. The molecule has 5 N–H and O–H groups in total. The fraction of sp³-hybridized carbons (Fsp3) is 0.556. The first kappa shape index (κ1) is 22.5. The van der Waals surface area contributed by atoms with Gasteiger partial charge in [-0.25, -0.2) is 23.5 Å². The molecular formula is C9H15N2O13P3. The lowest BCUT2D eigenvalue weighted by atomic mass is 10.2. The quantitative estimate of drug-likeness (QED) is 0.306. The highest BCUT2D eigenvalue weighted by Crippen LogP contribution is 2.66. The number of nitrogens with zero attached hydrogens (tertiary/aromatic N) is 2. The lowest BCUT2D eigenvalue weighted by Crippen LogP contribution is -2.27. The van der Waals surface area contributed by atoms with Crippen LogP contribution in [0, 0.1) is 0 Å². The normalized spacial score (nSPS) is 27.8. The predicted molar refractivity (Wildman–Crippen MR) is 82.8 cm³/mol. The van der Waals surface area contributed by atoms with Crippen molar-refractivity contribution in [2.24, 2.45) is 0 Å². The van der Waals surface area contributed by atoms with Crippen LogP contribution in [0.5, 0.6) is 0 Å². The summed E-state index contributed by atoms with van der Waals surface area (Å²) < 4.78 is 51.2. The van der Waals surface area contributed by atoms with Gasteiger partial charge < -0.3 is 29.4 Å². The molecular weight excluding hydrogens is 437 g/mol. The van der Waals surface area contributed by atoms with Crippen molar-refractivity contribution < 1.29 is 56.3 Å². The van der Waals surface area contributed by atoms with Gasteiger partial charge in [-0.1, -0.05) is 0 Å². The topological polar surface area (TPSA) is 224 Å². The van der Waals surface area contributed by atoms with Crippen molar-refractivity contribution >= 4 is 23.5 Å². The van der Waals surface area contributed by atoms with E-state index < -0.39 is 54.2 Å². The van der Waals surface area contributed by atoms with E-state index in [1.807, 2.05) is 0 Å². The maximum atomic E-state index is 11.6. The second-order valence-electron chi connectivity index (χ2n) is 5.13. The van der Waals surface area contributed by atoms with Gasteiger partial charge in [0.1, 0.15) is 12.3 Å². The van der Waals surface area contributed by atoms with E-state index in [2.05, 4.69) is 18.1 Å². The van der Waals surface area contributed by atoms with Crippen LogP contribution in [-0.2, 0) is 31.6 Å². The Bertz CT molecular complexity index is 867. The van der Waals surface area contributed by atoms with Crippen LogP contribution >= 0.6 is 23.5 Å². The second kappa shape index (κ2) is 8.29. The van der Waals surface area contributed by atoms with Crippen molar-refractivity contribution in [3.63, 3.8) is 0 Å². The van der Waals surface area contributed by atoms with E-state index in [9.17, 15) is 28.5 Å². The summed E-state index contributed by atoms with van der Waals surface area (Å²) in [5.74, 6) is 0. The third kappa shape index (κ3) is 6.95. The van der Waals surface area contributed by atoms with Crippen LogP contribution in [0.1, 0.15) is 12.6 Å². The minimum atomic E-state index is -5.64. The summed E-state index contributed by atoms with van der Waals surface area (Å²) in [6.07, 6.45) is -0.915. The molecule has 1 aliphatic rings. The van der Waals surface area contributed by atoms with Crippen molar-refractivity contribution in [3.05, 3.63) is 28.9 Å². The van der Waals surface area contributed by atoms with Crippen molar-refractivity contribution in [2.75, 3.05) is 6.61 Å². The minimum absolute atomic E-state index is 0.0873. The van der Waals surface area contributed by atoms with Crippen LogP contribution in [0.2, 0.25) is 0 Å². The smallest absolute Gasteiger partial charge is 0.390 e. The molecule has 18 heteroatoms. The number of hydrogen-bond donors (Lipinski definition) is 5. The predicted octanol–water partition coefficient (Wildman–Crippen LogP) is -0.765. The Morgan fingerprint density at radius 3 is 2.44 bits per heavy atom. The monoisotopic (exact) mass is 452 g/mol. The zero-order valence-electron chi connectivity index (χ0n) is 13.1. The van der Waals surface area contributed by atoms with Gasteiger partial charge in [-0.2, -0.15) is 8.62 Å². The molecule has 0 radical (unpaired) electrons. The highest BCUT2D eigenvalue weighted by atomic mass is 31.3. The average molecular weight is 452 g/mol. The number of aromatic nitrogens is 2. The van der Waals surface area contributed by atoms with Crippen LogP contribution in [0.4, 0.5) is 0 Å². The summed E-state index contributed by atoms with van der Waals surface area (Å²) in [7, 11) is -16.5. The van der Waals surface area contributed by atoms with Crippen LogP contribution in [0.25, 0.3) is 0 Å². The van der Waals surface area contributed by atoms with E-state index in [1.54, 1.807) is 0 Å².